The van der Waals surface area contributed by atoms with E-state index in [-0.39, 0.29) is 36.9 Å². The third-order valence-corrected chi connectivity index (χ3v) is 10.6. The van der Waals surface area contributed by atoms with E-state index >= 15 is 0 Å². The number of thiol groups is 1. The molecule has 0 spiro atoms. The SMILES string of the molecule is CC(C)CC(C(=O)NC([C]=O)CS)(C(=O)[C@@H](N)CC1CCCCC1)N(C(=O)C(C)NC(=O)C(N)CCCCN)C(=O)[C@@H](N)CC1CCCCC1. The van der Waals surface area contributed by atoms with Gasteiger partial charge < -0.3 is 33.6 Å². The van der Waals surface area contributed by atoms with Crippen LogP contribution in [0.1, 0.15) is 124 Å². The summed E-state index contributed by atoms with van der Waals surface area (Å²) in [5.74, 6) is -4.71. The number of rotatable bonds is 21. The minimum Gasteiger partial charge on any atom is -0.343 e. The molecule has 0 aromatic heterocycles. The number of hydrogen-bond donors (Lipinski definition) is 7. The Hall–Kier alpha value is -2.39. The topological polar surface area (TPSA) is 234 Å². The molecule has 13 nitrogen and oxygen atoms in total. The first-order chi connectivity index (χ1) is 23.7. The molecule has 2 aliphatic rings. The van der Waals surface area contributed by atoms with Crippen molar-refractivity contribution in [2.45, 2.75) is 159 Å². The number of hydrogen-bond acceptors (Lipinski definition) is 11. The van der Waals surface area contributed by atoms with Gasteiger partial charge in [0.25, 0.3) is 11.8 Å². The molecule has 2 fully saturated rings. The van der Waals surface area contributed by atoms with Crippen molar-refractivity contribution in [2.75, 3.05) is 12.3 Å². The maximum absolute atomic E-state index is 14.9. The predicted octanol–water partition coefficient (Wildman–Crippen LogP) is 1.78. The van der Waals surface area contributed by atoms with E-state index in [1.807, 2.05) is 0 Å². The number of Topliss-reactive ketones (excluding diaryl/α,β-unsaturated/α-hetero) is 1. The van der Waals surface area contributed by atoms with Gasteiger partial charge in [-0.3, -0.25) is 33.7 Å². The molecule has 0 bridgehead atoms. The molecule has 0 aliphatic heterocycles. The van der Waals surface area contributed by atoms with Gasteiger partial charge >= 0.3 is 0 Å². The molecule has 14 heteroatoms. The second-order valence-corrected chi connectivity index (χ2v) is 15.3. The average molecular weight is 723 g/mol. The van der Waals surface area contributed by atoms with Crippen molar-refractivity contribution in [2.24, 2.45) is 40.7 Å². The first kappa shape index (κ1) is 43.8. The normalized spacial score (nSPS) is 20.1. The standard InChI is InChI=1S/C36H64N7O6S/c1-23(2)20-36(35(49)42-27(21-44)22-50,31(45)29(39)18-25-12-6-4-7-13-25)43(34(48)30(40)19-26-14-8-5-9-15-26)33(47)24(3)41-32(46)28(38)16-10-11-17-37/h23-30,50H,4-20,22,37-40H2,1-3H3,(H,41,46)(H,42,49)/t24?,27?,28?,29-,30-,36?/m0/s1. The minimum atomic E-state index is -2.49. The van der Waals surface area contributed by atoms with E-state index < -0.39 is 71.1 Å². The molecule has 0 heterocycles. The Morgan fingerprint density at radius 1 is 0.800 bits per heavy atom. The number of imide groups is 1. The molecular formula is C36H64N7O6S. The summed E-state index contributed by atoms with van der Waals surface area (Å²) in [6, 6.07) is -6.03. The van der Waals surface area contributed by atoms with Gasteiger partial charge in [0, 0.05) is 5.75 Å². The molecule has 0 aromatic carbocycles. The van der Waals surface area contributed by atoms with Crippen LogP contribution in [0.15, 0.2) is 0 Å². The molecule has 285 valence electrons. The Labute approximate surface area is 304 Å². The number of nitrogens with two attached hydrogens (primary N) is 4. The third-order valence-electron chi connectivity index (χ3n) is 10.3. The fourth-order valence-electron chi connectivity index (χ4n) is 7.53. The molecule has 4 amide bonds. The highest BCUT2D eigenvalue weighted by Gasteiger charge is 2.58. The van der Waals surface area contributed by atoms with Crippen LogP contribution in [0.5, 0.6) is 0 Å². The summed E-state index contributed by atoms with van der Waals surface area (Å²) in [4.78, 5) is 84.5. The first-order valence-electron chi connectivity index (χ1n) is 18.7. The summed E-state index contributed by atoms with van der Waals surface area (Å²) in [6.07, 6.45) is 13.1. The van der Waals surface area contributed by atoms with E-state index in [4.69, 9.17) is 22.9 Å². The van der Waals surface area contributed by atoms with Gasteiger partial charge in [0.05, 0.1) is 18.1 Å². The highest BCUT2D eigenvalue weighted by molar-refractivity contribution is 7.80. The van der Waals surface area contributed by atoms with Crippen LogP contribution in [0, 0.1) is 17.8 Å². The van der Waals surface area contributed by atoms with Crippen LogP contribution in [-0.4, -0.2) is 88.6 Å². The smallest absolute Gasteiger partial charge is 0.254 e. The molecule has 6 atom stereocenters. The minimum absolute atomic E-state index is 0.124. The van der Waals surface area contributed by atoms with E-state index in [9.17, 15) is 28.8 Å². The van der Waals surface area contributed by atoms with Gasteiger partial charge in [-0.1, -0.05) is 84.5 Å². The Bertz CT molecular complexity index is 1130. The molecular weight excluding hydrogens is 659 g/mol. The van der Waals surface area contributed by atoms with Gasteiger partial charge in [-0.15, -0.1) is 0 Å². The zero-order valence-corrected chi connectivity index (χ0v) is 31.4. The third kappa shape index (κ3) is 12.4. The number of unbranched alkanes of at least 4 members (excludes halogenated alkanes) is 1. The Kier molecular flexibility index (Phi) is 19.1. The number of ketones is 1. The Morgan fingerprint density at radius 2 is 1.34 bits per heavy atom. The summed E-state index contributed by atoms with van der Waals surface area (Å²) in [7, 11) is 0. The van der Waals surface area contributed by atoms with Gasteiger partial charge in [0.1, 0.15) is 12.1 Å². The number of carbonyl (C=O) groups excluding carboxylic acids is 6. The van der Waals surface area contributed by atoms with Crippen molar-refractivity contribution in [3.05, 3.63) is 0 Å². The lowest BCUT2D eigenvalue weighted by Gasteiger charge is -2.44. The fraction of sp³-hybridized carbons (Fsp3) is 0.833. The lowest BCUT2D eigenvalue weighted by atomic mass is 9.75. The molecule has 1 radical (unpaired) electrons. The molecule has 2 saturated carbocycles. The number of carbonyl (C=O) groups is 5. The first-order valence-corrected chi connectivity index (χ1v) is 19.3. The maximum atomic E-state index is 14.9. The van der Waals surface area contributed by atoms with Crippen LogP contribution in [0.2, 0.25) is 0 Å². The Morgan fingerprint density at radius 3 is 1.82 bits per heavy atom. The quantitative estimate of drug-likeness (QED) is 0.0515. The summed E-state index contributed by atoms with van der Waals surface area (Å²) in [6.45, 7) is 5.32. The Balaban J connectivity index is 2.71. The van der Waals surface area contributed by atoms with Crippen LogP contribution < -0.4 is 33.6 Å². The largest absolute Gasteiger partial charge is 0.343 e. The molecule has 2 rings (SSSR count). The predicted molar refractivity (Wildman–Crippen MR) is 197 cm³/mol. The van der Waals surface area contributed by atoms with Crippen molar-refractivity contribution in [1.29, 1.82) is 0 Å². The lowest BCUT2D eigenvalue weighted by molar-refractivity contribution is -0.167. The van der Waals surface area contributed by atoms with Crippen molar-refractivity contribution in [3.8, 4) is 0 Å². The molecule has 2 aliphatic carbocycles. The zero-order chi connectivity index (χ0) is 37.4. The van der Waals surface area contributed by atoms with Crippen LogP contribution >= 0.6 is 12.6 Å². The summed E-state index contributed by atoms with van der Waals surface area (Å²) < 4.78 is 0. The van der Waals surface area contributed by atoms with Crippen LogP contribution in [0.4, 0.5) is 0 Å². The van der Waals surface area contributed by atoms with E-state index in [1.165, 1.54) is 6.92 Å². The number of nitrogens with one attached hydrogen (secondary N) is 2. The average Bonchev–Trinajstić information content (AvgIpc) is 3.10. The van der Waals surface area contributed by atoms with Gasteiger partial charge in [0.2, 0.25) is 18.1 Å². The molecule has 0 saturated heterocycles. The van der Waals surface area contributed by atoms with Crippen molar-refractivity contribution < 1.29 is 28.8 Å². The van der Waals surface area contributed by atoms with E-state index in [0.29, 0.717) is 30.7 Å². The van der Waals surface area contributed by atoms with Gasteiger partial charge in [-0.25, -0.2) is 0 Å². The monoisotopic (exact) mass is 722 g/mol. The van der Waals surface area contributed by atoms with Crippen LogP contribution in [0.3, 0.4) is 0 Å². The van der Waals surface area contributed by atoms with Crippen molar-refractivity contribution in [1.82, 2.24) is 15.5 Å². The lowest BCUT2D eigenvalue weighted by Crippen LogP contribution is -2.74. The molecule has 4 unspecified atom stereocenters. The van der Waals surface area contributed by atoms with Gasteiger partial charge in [0.15, 0.2) is 11.3 Å². The zero-order valence-electron chi connectivity index (χ0n) is 30.5. The van der Waals surface area contributed by atoms with Crippen molar-refractivity contribution in [3.63, 3.8) is 0 Å². The highest BCUT2D eigenvalue weighted by atomic mass is 32.1. The van der Waals surface area contributed by atoms with Crippen LogP contribution in [-0.2, 0) is 28.8 Å². The van der Waals surface area contributed by atoms with E-state index in [0.717, 1.165) is 64.2 Å². The summed E-state index contributed by atoms with van der Waals surface area (Å²) in [5, 5.41) is 5.11. The maximum Gasteiger partial charge on any atom is 0.254 e. The highest BCUT2D eigenvalue weighted by Crippen LogP contribution is 2.34. The van der Waals surface area contributed by atoms with E-state index in [2.05, 4.69) is 23.3 Å². The van der Waals surface area contributed by atoms with Crippen LogP contribution in [0.25, 0.3) is 0 Å². The van der Waals surface area contributed by atoms with Gasteiger partial charge in [-0.05, 0) is 63.3 Å². The molecule has 10 N–H and O–H groups in total. The molecule has 50 heavy (non-hydrogen) atoms. The fourth-order valence-corrected chi connectivity index (χ4v) is 7.70. The molecule has 0 aromatic rings. The summed E-state index contributed by atoms with van der Waals surface area (Å²) in [5.41, 5.74) is 22.5. The van der Waals surface area contributed by atoms with Gasteiger partial charge in [-0.2, -0.15) is 12.6 Å². The second kappa shape index (κ2) is 21.9. The summed E-state index contributed by atoms with van der Waals surface area (Å²) >= 11 is 4.15. The van der Waals surface area contributed by atoms with Crippen molar-refractivity contribution >= 4 is 48.3 Å². The number of amides is 4. The second-order valence-electron chi connectivity index (χ2n) is 15.0. The van der Waals surface area contributed by atoms with E-state index in [1.54, 1.807) is 20.1 Å². The number of nitrogens with zero attached hydrogens (tertiary/aromatic N) is 1.